The van der Waals surface area contributed by atoms with Gasteiger partial charge in [0, 0.05) is 37.2 Å². The molecule has 0 bridgehead atoms. The fraction of sp³-hybridized carbons (Fsp3) is 0.533. The molecule has 1 saturated heterocycles. The molecule has 0 radical (unpaired) electrons. The average molecular weight is 291 g/mol. The van der Waals surface area contributed by atoms with Crippen LogP contribution in [0.25, 0.3) is 0 Å². The molecule has 0 saturated carbocycles. The van der Waals surface area contributed by atoms with E-state index in [2.05, 4.69) is 5.32 Å². The van der Waals surface area contributed by atoms with E-state index in [9.17, 15) is 14.9 Å². The van der Waals surface area contributed by atoms with Gasteiger partial charge in [0.15, 0.2) is 0 Å². The molecule has 1 unspecified atom stereocenters. The van der Waals surface area contributed by atoms with Gasteiger partial charge in [0.1, 0.15) is 5.69 Å². The lowest BCUT2D eigenvalue weighted by molar-refractivity contribution is -0.384. The number of nitro benzene ring substituents is 1. The Balaban J connectivity index is 2.28. The molecule has 1 aromatic rings. The van der Waals surface area contributed by atoms with Gasteiger partial charge in [0.05, 0.1) is 4.92 Å². The summed E-state index contributed by atoms with van der Waals surface area (Å²) < 4.78 is 0. The van der Waals surface area contributed by atoms with Gasteiger partial charge in [-0.3, -0.25) is 14.9 Å². The second-order valence-electron chi connectivity index (χ2n) is 5.40. The van der Waals surface area contributed by atoms with Crippen LogP contribution in [0, 0.1) is 16.0 Å². The maximum absolute atomic E-state index is 12.2. The standard InChI is InChI=1S/C15H21N3O3/c1-3-16-14-12(7-4-8-13(14)18(20)21)10-17-9-5-6-11(2)15(17)19/h4,7-8,11,16H,3,5-6,9-10H2,1-2H3. The zero-order chi connectivity index (χ0) is 15.4. The first-order valence-electron chi connectivity index (χ1n) is 7.33. The van der Waals surface area contributed by atoms with Gasteiger partial charge in [-0.25, -0.2) is 0 Å². The molecule has 1 aliphatic rings. The minimum absolute atomic E-state index is 0.0417. The fourth-order valence-corrected chi connectivity index (χ4v) is 2.75. The van der Waals surface area contributed by atoms with Gasteiger partial charge in [-0.2, -0.15) is 0 Å². The average Bonchev–Trinajstić information content (AvgIpc) is 2.45. The molecule has 2 rings (SSSR count). The number of para-hydroxylation sites is 1. The molecule has 0 aromatic heterocycles. The number of carbonyl (C=O) groups excluding carboxylic acids is 1. The monoisotopic (exact) mass is 291 g/mol. The Kier molecular flexibility index (Phi) is 4.77. The fourth-order valence-electron chi connectivity index (χ4n) is 2.75. The molecule has 114 valence electrons. The van der Waals surface area contributed by atoms with Crippen molar-refractivity contribution in [1.82, 2.24) is 4.90 Å². The van der Waals surface area contributed by atoms with Crippen LogP contribution in [0.2, 0.25) is 0 Å². The third kappa shape index (κ3) is 3.32. The van der Waals surface area contributed by atoms with Gasteiger partial charge in [-0.05, 0) is 19.8 Å². The summed E-state index contributed by atoms with van der Waals surface area (Å²) in [6.07, 6.45) is 1.91. The molecule has 1 heterocycles. The molecule has 1 atom stereocenters. The number of piperidine rings is 1. The molecule has 0 spiro atoms. The quantitative estimate of drug-likeness (QED) is 0.668. The number of amides is 1. The van der Waals surface area contributed by atoms with Crippen LogP contribution >= 0.6 is 0 Å². The molecule has 1 aliphatic heterocycles. The van der Waals surface area contributed by atoms with E-state index in [4.69, 9.17) is 0 Å². The van der Waals surface area contributed by atoms with Crippen molar-refractivity contribution in [3.05, 3.63) is 33.9 Å². The van der Waals surface area contributed by atoms with Crippen LogP contribution in [0.5, 0.6) is 0 Å². The van der Waals surface area contributed by atoms with Gasteiger partial charge in [-0.15, -0.1) is 0 Å². The lowest BCUT2D eigenvalue weighted by atomic mass is 9.98. The minimum Gasteiger partial charge on any atom is -0.379 e. The predicted molar refractivity (Wildman–Crippen MR) is 81.1 cm³/mol. The summed E-state index contributed by atoms with van der Waals surface area (Å²) in [5.74, 6) is 0.176. The lowest BCUT2D eigenvalue weighted by Gasteiger charge is -2.31. The maximum Gasteiger partial charge on any atom is 0.292 e. The largest absolute Gasteiger partial charge is 0.379 e. The van der Waals surface area contributed by atoms with Crippen LogP contribution < -0.4 is 5.32 Å². The summed E-state index contributed by atoms with van der Waals surface area (Å²) >= 11 is 0. The van der Waals surface area contributed by atoms with Gasteiger partial charge in [-0.1, -0.05) is 19.1 Å². The third-order valence-electron chi connectivity index (χ3n) is 3.84. The van der Waals surface area contributed by atoms with E-state index in [1.165, 1.54) is 6.07 Å². The van der Waals surface area contributed by atoms with E-state index in [1.807, 2.05) is 19.9 Å². The Bertz CT molecular complexity index is 545. The smallest absolute Gasteiger partial charge is 0.292 e. The molecule has 0 aliphatic carbocycles. The predicted octanol–water partition coefficient (Wildman–Crippen LogP) is 2.79. The van der Waals surface area contributed by atoms with E-state index >= 15 is 0 Å². The Morgan fingerprint density at radius 2 is 2.24 bits per heavy atom. The van der Waals surface area contributed by atoms with E-state index in [0.29, 0.717) is 18.8 Å². The molecular weight excluding hydrogens is 270 g/mol. The molecule has 1 N–H and O–H groups in total. The summed E-state index contributed by atoms with van der Waals surface area (Å²) in [5.41, 5.74) is 1.39. The molecule has 1 fully saturated rings. The molecule has 1 aromatic carbocycles. The highest BCUT2D eigenvalue weighted by atomic mass is 16.6. The lowest BCUT2D eigenvalue weighted by Crippen LogP contribution is -2.39. The summed E-state index contributed by atoms with van der Waals surface area (Å²) in [7, 11) is 0. The van der Waals surface area contributed by atoms with Gasteiger partial charge < -0.3 is 10.2 Å². The van der Waals surface area contributed by atoms with Crippen LogP contribution in [-0.2, 0) is 11.3 Å². The van der Waals surface area contributed by atoms with Crippen LogP contribution in [0.4, 0.5) is 11.4 Å². The van der Waals surface area contributed by atoms with Crippen molar-refractivity contribution in [1.29, 1.82) is 0 Å². The van der Waals surface area contributed by atoms with Crippen molar-refractivity contribution < 1.29 is 9.72 Å². The molecule has 1 amide bonds. The molecule has 21 heavy (non-hydrogen) atoms. The van der Waals surface area contributed by atoms with Crippen molar-refractivity contribution in [3.63, 3.8) is 0 Å². The second-order valence-corrected chi connectivity index (χ2v) is 5.40. The first-order chi connectivity index (χ1) is 10.0. The first kappa shape index (κ1) is 15.3. The van der Waals surface area contributed by atoms with Gasteiger partial charge >= 0.3 is 0 Å². The number of benzene rings is 1. The van der Waals surface area contributed by atoms with Gasteiger partial charge in [0.2, 0.25) is 5.91 Å². The highest BCUT2D eigenvalue weighted by molar-refractivity contribution is 5.79. The third-order valence-corrected chi connectivity index (χ3v) is 3.84. The number of nitro groups is 1. The molecule has 6 heteroatoms. The number of rotatable bonds is 5. The van der Waals surface area contributed by atoms with Crippen LogP contribution in [0.1, 0.15) is 32.3 Å². The highest BCUT2D eigenvalue weighted by Crippen LogP contribution is 2.30. The first-order valence-corrected chi connectivity index (χ1v) is 7.33. The minimum atomic E-state index is -0.387. The summed E-state index contributed by atoms with van der Waals surface area (Å²) in [4.78, 5) is 24.7. The van der Waals surface area contributed by atoms with E-state index < -0.39 is 0 Å². The molecule has 6 nitrogen and oxygen atoms in total. The number of carbonyl (C=O) groups is 1. The Morgan fingerprint density at radius 1 is 1.48 bits per heavy atom. The van der Waals surface area contributed by atoms with Crippen molar-refractivity contribution in [2.45, 2.75) is 33.2 Å². The normalized spacial score (nSPS) is 18.7. The maximum atomic E-state index is 12.2. The van der Waals surface area contributed by atoms with Crippen molar-refractivity contribution in [3.8, 4) is 0 Å². The van der Waals surface area contributed by atoms with Crippen LogP contribution in [-0.4, -0.2) is 28.8 Å². The Labute approximate surface area is 124 Å². The number of likely N-dealkylation sites (tertiary alicyclic amines) is 1. The second kappa shape index (κ2) is 6.56. The van der Waals surface area contributed by atoms with Crippen LogP contribution in [0.15, 0.2) is 18.2 Å². The number of nitrogens with one attached hydrogen (secondary N) is 1. The van der Waals surface area contributed by atoms with Crippen molar-refractivity contribution >= 4 is 17.3 Å². The highest BCUT2D eigenvalue weighted by Gasteiger charge is 2.26. The number of hydrogen-bond acceptors (Lipinski definition) is 4. The van der Waals surface area contributed by atoms with E-state index in [-0.39, 0.29) is 22.4 Å². The summed E-state index contributed by atoms with van der Waals surface area (Å²) in [6.45, 7) is 5.58. The zero-order valence-electron chi connectivity index (χ0n) is 12.5. The number of hydrogen-bond donors (Lipinski definition) is 1. The topological polar surface area (TPSA) is 75.5 Å². The van der Waals surface area contributed by atoms with E-state index in [1.54, 1.807) is 11.0 Å². The number of nitrogens with zero attached hydrogens (tertiary/aromatic N) is 2. The zero-order valence-corrected chi connectivity index (χ0v) is 12.5. The summed E-state index contributed by atoms with van der Waals surface area (Å²) in [5, 5.41) is 14.2. The Hall–Kier alpha value is -2.11. The molecular formula is C15H21N3O3. The summed E-state index contributed by atoms with van der Waals surface area (Å²) in [6, 6.07) is 5.01. The van der Waals surface area contributed by atoms with Crippen molar-refractivity contribution in [2.24, 2.45) is 5.92 Å². The van der Waals surface area contributed by atoms with Gasteiger partial charge in [0.25, 0.3) is 5.69 Å². The van der Waals surface area contributed by atoms with E-state index in [0.717, 1.165) is 24.9 Å². The van der Waals surface area contributed by atoms with Crippen LogP contribution in [0.3, 0.4) is 0 Å². The number of anilines is 1. The van der Waals surface area contributed by atoms with Crippen molar-refractivity contribution in [2.75, 3.05) is 18.4 Å². The SMILES string of the molecule is CCNc1c(CN2CCCC(C)C2=O)cccc1[N+](=O)[O-]. The Morgan fingerprint density at radius 3 is 2.90 bits per heavy atom.